The smallest absolute Gasteiger partial charge is 0.138 e. The lowest BCUT2D eigenvalue weighted by Gasteiger charge is -2.21. The van der Waals surface area contributed by atoms with Gasteiger partial charge in [-0.25, -0.2) is 9.97 Å². The van der Waals surface area contributed by atoms with Gasteiger partial charge in [0.2, 0.25) is 0 Å². The number of hydrogen-bond acceptors (Lipinski definition) is 4. The standard InChI is InChI=1S/C16H30N4/c1-8-17-13-9-14(18-10-12(4)11(2)3)20-15(19-13)16(5,6)7/h9,11-12H,8,10H2,1-7H3,(H2,17,18,19,20). The summed E-state index contributed by atoms with van der Waals surface area (Å²) in [6.07, 6.45) is 0. The predicted octanol–water partition coefficient (Wildman–Crippen LogP) is 3.91. The summed E-state index contributed by atoms with van der Waals surface area (Å²) < 4.78 is 0. The van der Waals surface area contributed by atoms with Crippen LogP contribution in [-0.4, -0.2) is 23.1 Å². The van der Waals surface area contributed by atoms with Crippen LogP contribution >= 0.6 is 0 Å². The van der Waals surface area contributed by atoms with Gasteiger partial charge in [0.1, 0.15) is 17.5 Å². The molecule has 2 N–H and O–H groups in total. The lowest BCUT2D eigenvalue weighted by atomic mass is 9.95. The monoisotopic (exact) mass is 278 g/mol. The summed E-state index contributed by atoms with van der Waals surface area (Å²) >= 11 is 0. The van der Waals surface area contributed by atoms with Crippen molar-refractivity contribution in [1.29, 1.82) is 0 Å². The Hall–Kier alpha value is -1.32. The molecule has 1 heterocycles. The third kappa shape index (κ3) is 4.99. The van der Waals surface area contributed by atoms with E-state index in [1.54, 1.807) is 0 Å². The van der Waals surface area contributed by atoms with Crippen LogP contribution in [0, 0.1) is 11.8 Å². The minimum Gasteiger partial charge on any atom is -0.370 e. The van der Waals surface area contributed by atoms with Crippen molar-refractivity contribution in [1.82, 2.24) is 9.97 Å². The van der Waals surface area contributed by atoms with E-state index < -0.39 is 0 Å². The number of nitrogens with zero attached hydrogens (tertiary/aromatic N) is 2. The Balaban J connectivity index is 2.91. The molecule has 0 aromatic carbocycles. The third-order valence-electron chi connectivity index (χ3n) is 3.50. The summed E-state index contributed by atoms with van der Waals surface area (Å²) in [5.74, 6) is 3.96. The van der Waals surface area contributed by atoms with Crippen molar-refractivity contribution >= 4 is 11.6 Å². The lowest BCUT2D eigenvalue weighted by Crippen LogP contribution is -2.21. The highest BCUT2D eigenvalue weighted by molar-refractivity contribution is 5.48. The topological polar surface area (TPSA) is 49.8 Å². The van der Waals surface area contributed by atoms with Crippen molar-refractivity contribution in [3.05, 3.63) is 11.9 Å². The highest BCUT2D eigenvalue weighted by atomic mass is 15.1. The van der Waals surface area contributed by atoms with Crippen LogP contribution in [0.3, 0.4) is 0 Å². The molecule has 1 unspecified atom stereocenters. The molecule has 0 aliphatic carbocycles. The Morgan fingerprint density at radius 3 is 2.05 bits per heavy atom. The van der Waals surface area contributed by atoms with E-state index in [-0.39, 0.29) is 5.41 Å². The van der Waals surface area contributed by atoms with Gasteiger partial charge in [-0.3, -0.25) is 0 Å². The minimum absolute atomic E-state index is 0.0501. The Labute approximate surface area is 123 Å². The van der Waals surface area contributed by atoms with Crippen molar-refractivity contribution in [2.45, 2.75) is 53.9 Å². The second kappa shape index (κ2) is 6.91. The van der Waals surface area contributed by atoms with Crippen molar-refractivity contribution < 1.29 is 0 Å². The molecule has 1 rings (SSSR count). The SMILES string of the molecule is CCNc1cc(NCC(C)C(C)C)nc(C(C)(C)C)n1. The summed E-state index contributed by atoms with van der Waals surface area (Å²) in [7, 11) is 0. The highest BCUT2D eigenvalue weighted by Crippen LogP contribution is 2.22. The molecule has 1 atom stereocenters. The normalized spacial score (nSPS) is 13.4. The summed E-state index contributed by atoms with van der Waals surface area (Å²) in [5.41, 5.74) is -0.0501. The predicted molar refractivity (Wildman–Crippen MR) is 87.4 cm³/mol. The largest absolute Gasteiger partial charge is 0.370 e. The molecule has 0 radical (unpaired) electrons. The summed E-state index contributed by atoms with van der Waals surface area (Å²) in [5, 5.41) is 6.73. The number of rotatable bonds is 6. The molecule has 0 saturated carbocycles. The van der Waals surface area contributed by atoms with E-state index in [0.717, 1.165) is 30.5 Å². The fourth-order valence-electron chi connectivity index (χ4n) is 1.65. The van der Waals surface area contributed by atoms with E-state index in [1.807, 2.05) is 6.07 Å². The Morgan fingerprint density at radius 1 is 1.05 bits per heavy atom. The van der Waals surface area contributed by atoms with Crippen LogP contribution in [-0.2, 0) is 5.41 Å². The molecule has 1 aromatic heterocycles. The maximum Gasteiger partial charge on any atom is 0.138 e. The Morgan fingerprint density at radius 2 is 1.60 bits per heavy atom. The zero-order valence-corrected chi connectivity index (χ0v) is 14.0. The van der Waals surface area contributed by atoms with Gasteiger partial charge in [0.15, 0.2) is 0 Å². The van der Waals surface area contributed by atoms with E-state index in [4.69, 9.17) is 0 Å². The molecule has 0 spiro atoms. The number of aromatic nitrogens is 2. The molecule has 0 aliphatic rings. The average molecular weight is 278 g/mol. The van der Waals surface area contributed by atoms with Gasteiger partial charge in [-0.1, -0.05) is 41.5 Å². The fourth-order valence-corrected chi connectivity index (χ4v) is 1.65. The first-order valence-corrected chi connectivity index (χ1v) is 7.61. The van der Waals surface area contributed by atoms with E-state index in [2.05, 4.69) is 69.1 Å². The van der Waals surface area contributed by atoms with Gasteiger partial charge >= 0.3 is 0 Å². The van der Waals surface area contributed by atoms with Gasteiger partial charge in [-0.05, 0) is 18.8 Å². The lowest BCUT2D eigenvalue weighted by molar-refractivity contribution is 0.439. The Kier molecular flexibility index (Phi) is 5.78. The Bertz CT molecular complexity index is 421. The highest BCUT2D eigenvalue weighted by Gasteiger charge is 2.19. The van der Waals surface area contributed by atoms with Crippen LogP contribution in [0.4, 0.5) is 11.6 Å². The van der Waals surface area contributed by atoms with Crippen LogP contribution in [0.1, 0.15) is 54.3 Å². The fraction of sp³-hybridized carbons (Fsp3) is 0.750. The molecule has 0 fully saturated rings. The molecule has 4 nitrogen and oxygen atoms in total. The molecule has 0 saturated heterocycles. The minimum atomic E-state index is -0.0501. The zero-order chi connectivity index (χ0) is 15.3. The summed E-state index contributed by atoms with van der Waals surface area (Å²) in [6.45, 7) is 17.0. The van der Waals surface area contributed by atoms with Gasteiger partial charge in [-0.2, -0.15) is 0 Å². The van der Waals surface area contributed by atoms with Crippen LogP contribution in [0.25, 0.3) is 0 Å². The number of anilines is 2. The van der Waals surface area contributed by atoms with Crippen LogP contribution < -0.4 is 10.6 Å². The van der Waals surface area contributed by atoms with Gasteiger partial charge in [0.05, 0.1) is 0 Å². The maximum atomic E-state index is 4.66. The van der Waals surface area contributed by atoms with Gasteiger partial charge in [0.25, 0.3) is 0 Å². The van der Waals surface area contributed by atoms with Crippen LogP contribution in [0.2, 0.25) is 0 Å². The second-order valence-corrected chi connectivity index (χ2v) is 6.84. The molecule has 1 aromatic rings. The molecule has 20 heavy (non-hydrogen) atoms. The van der Waals surface area contributed by atoms with Gasteiger partial charge in [0, 0.05) is 24.6 Å². The van der Waals surface area contributed by atoms with Gasteiger partial charge in [-0.15, -0.1) is 0 Å². The summed E-state index contributed by atoms with van der Waals surface area (Å²) in [4.78, 5) is 9.25. The first-order chi connectivity index (χ1) is 9.24. The van der Waals surface area contributed by atoms with E-state index in [0.29, 0.717) is 11.8 Å². The van der Waals surface area contributed by atoms with Crippen molar-refractivity contribution in [3.8, 4) is 0 Å². The van der Waals surface area contributed by atoms with E-state index in [1.165, 1.54) is 0 Å². The second-order valence-electron chi connectivity index (χ2n) is 6.84. The molecule has 0 bridgehead atoms. The van der Waals surface area contributed by atoms with E-state index in [9.17, 15) is 0 Å². The molecule has 4 heteroatoms. The molecule has 0 amide bonds. The summed E-state index contributed by atoms with van der Waals surface area (Å²) in [6, 6.07) is 1.99. The molecule has 0 aliphatic heterocycles. The molecular formula is C16H30N4. The van der Waals surface area contributed by atoms with E-state index >= 15 is 0 Å². The third-order valence-corrected chi connectivity index (χ3v) is 3.50. The quantitative estimate of drug-likeness (QED) is 0.828. The number of nitrogens with one attached hydrogen (secondary N) is 2. The van der Waals surface area contributed by atoms with Crippen LogP contribution in [0.5, 0.6) is 0 Å². The van der Waals surface area contributed by atoms with Crippen molar-refractivity contribution in [2.75, 3.05) is 23.7 Å². The first-order valence-electron chi connectivity index (χ1n) is 7.61. The zero-order valence-electron chi connectivity index (χ0n) is 14.0. The van der Waals surface area contributed by atoms with Gasteiger partial charge < -0.3 is 10.6 Å². The van der Waals surface area contributed by atoms with Crippen molar-refractivity contribution in [2.24, 2.45) is 11.8 Å². The first kappa shape index (κ1) is 16.7. The number of hydrogen-bond donors (Lipinski definition) is 2. The maximum absolute atomic E-state index is 4.66. The average Bonchev–Trinajstić information content (AvgIpc) is 2.35. The molecular weight excluding hydrogens is 248 g/mol. The van der Waals surface area contributed by atoms with Crippen molar-refractivity contribution in [3.63, 3.8) is 0 Å². The van der Waals surface area contributed by atoms with Crippen LogP contribution in [0.15, 0.2) is 6.07 Å². The molecule has 114 valence electrons.